The van der Waals surface area contributed by atoms with Crippen molar-refractivity contribution < 1.29 is 8.42 Å². The van der Waals surface area contributed by atoms with E-state index in [0.717, 1.165) is 31.5 Å². The van der Waals surface area contributed by atoms with Gasteiger partial charge in [-0.05, 0) is 51.1 Å². The van der Waals surface area contributed by atoms with Crippen LogP contribution in [-0.2, 0) is 16.4 Å². The van der Waals surface area contributed by atoms with E-state index in [0.29, 0.717) is 17.1 Å². The van der Waals surface area contributed by atoms with Gasteiger partial charge >= 0.3 is 0 Å². The van der Waals surface area contributed by atoms with E-state index >= 15 is 0 Å². The lowest BCUT2D eigenvalue weighted by atomic mass is 10.1. The van der Waals surface area contributed by atoms with Gasteiger partial charge in [0.1, 0.15) is 0 Å². The van der Waals surface area contributed by atoms with Gasteiger partial charge in [0.25, 0.3) is 0 Å². The molecule has 0 aliphatic carbocycles. The molecule has 1 aliphatic rings. The lowest BCUT2D eigenvalue weighted by molar-refractivity contribution is 0.290. The molecule has 1 aromatic rings. The molecule has 2 N–H and O–H groups in total. The second-order valence-electron chi connectivity index (χ2n) is 5.79. The summed E-state index contributed by atoms with van der Waals surface area (Å²) in [5.41, 5.74) is 7.49. The number of hydrogen-bond donors (Lipinski definition) is 1. The second kappa shape index (κ2) is 6.34. The lowest BCUT2D eigenvalue weighted by Gasteiger charge is -2.27. The molecule has 1 atom stereocenters. The van der Waals surface area contributed by atoms with Crippen molar-refractivity contribution in [1.29, 1.82) is 0 Å². The maximum atomic E-state index is 12.9. The third-order valence-corrected chi connectivity index (χ3v) is 6.10. The van der Waals surface area contributed by atoms with Gasteiger partial charge in [-0.15, -0.1) is 0 Å². The minimum absolute atomic E-state index is 0.0328. The number of aryl methyl sites for hydroxylation is 1. The summed E-state index contributed by atoms with van der Waals surface area (Å²) in [5.74, 6) is 0. The highest BCUT2D eigenvalue weighted by Gasteiger charge is 2.31. The number of likely N-dealkylation sites (N-methyl/N-ethyl adjacent to an activating group) is 1. The Morgan fingerprint density at radius 2 is 2.05 bits per heavy atom. The van der Waals surface area contributed by atoms with Crippen LogP contribution in [0, 0.1) is 0 Å². The average molecular weight is 311 g/mol. The summed E-state index contributed by atoms with van der Waals surface area (Å²) < 4.78 is 27.3. The highest BCUT2D eigenvalue weighted by Crippen LogP contribution is 2.24. The Labute approximate surface area is 127 Å². The normalized spacial score (nSPS) is 22.1. The van der Waals surface area contributed by atoms with Crippen LogP contribution in [0.3, 0.4) is 0 Å². The van der Waals surface area contributed by atoms with Crippen LogP contribution in [-0.4, -0.2) is 50.3 Å². The molecule has 118 valence electrons. The van der Waals surface area contributed by atoms with Crippen molar-refractivity contribution in [2.24, 2.45) is 0 Å². The summed E-state index contributed by atoms with van der Waals surface area (Å²) >= 11 is 0. The molecule has 0 spiro atoms. The Balaban J connectivity index is 2.34. The van der Waals surface area contributed by atoms with Crippen molar-refractivity contribution in [3.8, 4) is 0 Å². The number of anilines is 1. The number of hydrogen-bond acceptors (Lipinski definition) is 4. The molecular weight excluding hydrogens is 286 g/mol. The molecular formula is C15H25N3O2S. The minimum Gasteiger partial charge on any atom is -0.398 e. The van der Waals surface area contributed by atoms with Gasteiger partial charge in [-0.3, -0.25) is 0 Å². The highest BCUT2D eigenvalue weighted by atomic mass is 32.2. The van der Waals surface area contributed by atoms with Crippen molar-refractivity contribution in [1.82, 2.24) is 9.21 Å². The molecule has 0 bridgehead atoms. The van der Waals surface area contributed by atoms with E-state index in [1.807, 2.05) is 27.0 Å². The van der Waals surface area contributed by atoms with Crippen molar-refractivity contribution >= 4 is 15.7 Å². The van der Waals surface area contributed by atoms with E-state index in [-0.39, 0.29) is 6.04 Å². The molecule has 1 aliphatic heterocycles. The van der Waals surface area contributed by atoms with E-state index < -0.39 is 10.0 Å². The molecule has 1 unspecified atom stereocenters. The maximum absolute atomic E-state index is 12.9. The zero-order chi connectivity index (χ0) is 15.6. The second-order valence-corrected chi connectivity index (χ2v) is 7.69. The van der Waals surface area contributed by atoms with Gasteiger partial charge in [0.05, 0.1) is 4.90 Å². The van der Waals surface area contributed by atoms with Crippen LogP contribution in [0.4, 0.5) is 5.69 Å². The third-order valence-electron chi connectivity index (χ3n) is 4.09. The van der Waals surface area contributed by atoms with Crippen LogP contribution in [0.5, 0.6) is 0 Å². The molecule has 1 aromatic carbocycles. The number of nitrogens with zero attached hydrogens (tertiary/aromatic N) is 2. The Morgan fingerprint density at radius 1 is 1.33 bits per heavy atom. The van der Waals surface area contributed by atoms with Crippen LogP contribution >= 0.6 is 0 Å². The summed E-state index contributed by atoms with van der Waals surface area (Å²) in [6, 6.07) is 5.05. The minimum atomic E-state index is -3.48. The van der Waals surface area contributed by atoms with Crippen molar-refractivity contribution in [3.63, 3.8) is 0 Å². The van der Waals surface area contributed by atoms with Gasteiger partial charge in [-0.2, -0.15) is 4.31 Å². The maximum Gasteiger partial charge on any atom is 0.243 e. The Bertz CT molecular complexity index is 601. The van der Waals surface area contributed by atoms with Gasteiger partial charge in [-0.25, -0.2) is 8.42 Å². The fourth-order valence-electron chi connectivity index (χ4n) is 2.90. The monoisotopic (exact) mass is 311 g/mol. The first-order chi connectivity index (χ1) is 9.86. The van der Waals surface area contributed by atoms with Crippen LogP contribution in [0.1, 0.15) is 25.8 Å². The molecule has 1 fully saturated rings. The van der Waals surface area contributed by atoms with Crippen LogP contribution < -0.4 is 5.73 Å². The molecule has 6 heteroatoms. The topological polar surface area (TPSA) is 66.6 Å². The van der Waals surface area contributed by atoms with Gasteiger partial charge < -0.3 is 10.6 Å². The fraction of sp³-hybridized carbons (Fsp3) is 0.600. The summed E-state index contributed by atoms with van der Waals surface area (Å²) in [6.45, 7) is 6.20. The van der Waals surface area contributed by atoms with E-state index in [4.69, 9.17) is 5.73 Å². The largest absolute Gasteiger partial charge is 0.398 e. The predicted octanol–water partition coefficient (Wildman–Crippen LogP) is 1.55. The Hall–Kier alpha value is -1.11. The van der Waals surface area contributed by atoms with Gasteiger partial charge in [0.15, 0.2) is 0 Å². The van der Waals surface area contributed by atoms with Crippen molar-refractivity contribution in [2.45, 2.75) is 37.6 Å². The summed E-state index contributed by atoms with van der Waals surface area (Å²) in [6.07, 6.45) is 1.65. The molecule has 0 saturated carbocycles. The smallest absolute Gasteiger partial charge is 0.243 e. The highest BCUT2D eigenvalue weighted by molar-refractivity contribution is 7.89. The zero-order valence-corrected chi connectivity index (χ0v) is 13.9. The van der Waals surface area contributed by atoms with E-state index in [1.165, 1.54) is 0 Å². The molecule has 1 heterocycles. The standard InChI is InChI=1S/C15H25N3O2S/c1-4-13-6-7-14(10-15(13)16)21(19,20)18-9-5-8-17(3)11-12(18)2/h6-7,10,12H,4-5,8-9,11,16H2,1-3H3. The molecule has 0 radical (unpaired) electrons. The van der Waals surface area contributed by atoms with E-state index in [9.17, 15) is 8.42 Å². The van der Waals surface area contributed by atoms with Gasteiger partial charge in [0, 0.05) is 24.8 Å². The average Bonchev–Trinajstić information content (AvgIpc) is 2.59. The first kappa shape index (κ1) is 16.3. The SMILES string of the molecule is CCc1ccc(S(=O)(=O)N2CCCN(C)CC2C)cc1N. The fourth-order valence-corrected chi connectivity index (χ4v) is 4.59. The van der Waals surface area contributed by atoms with Crippen LogP contribution in [0.15, 0.2) is 23.1 Å². The third kappa shape index (κ3) is 3.39. The molecule has 0 amide bonds. The Morgan fingerprint density at radius 3 is 2.67 bits per heavy atom. The Kier molecular flexibility index (Phi) is 4.91. The first-order valence-corrected chi connectivity index (χ1v) is 8.89. The molecule has 1 saturated heterocycles. The molecule has 5 nitrogen and oxygen atoms in total. The predicted molar refractivity (Wildman–Crippen MR) is 85.7 cm³/mol. The number of benzene rings is 1. The first-order valence-electron chi connectivity index (χ1n) is 7.45. The van der Waals surface area contributed by atoms with Gasteiger partial charge in [-0.1, -0.05) is 13.0 Å². The number of rotatable bonds is 3. The number of sulfonamides is 1. The quantitative estimate of drug-likeness (QED) is 0.860. The summed E-state index contributed by atoms with van der Waals surface area (Å²) in [7, 11) is -1.45. The lowest BCUT2D eigenvalue weighted by Crippen LogP contribution is -2.41. The number of nitrogens with two attached hydrogens (primary N) is 1. The summed E-state index contributed by atoms with van der Waals surface area (Å²) in [4.78, 5) is 2.47. The van der Waals surface area contributed by atoms with Crippen molar-refractivity contribution in [2.75, 3.05) is 32.4 Å². The molecule has 0 aromatic heterocycles. The molecule has 2 rings (SSSR count). The van der Waals surface area contributed by atoms with E-state index in [1.54, 1.807) is 16.4 Å². The van der Waals surface area contributed by atoms with E-state index in [2.05, 4.69) is 4.90 Å². The van der Waals surface area contributed by atoms with Crippen LogP contribution in [0.2, 0.25) is 0 Å². The zero-order valence-electron chi connectivity index (χ0n) is 13.0. The molecule has 21 heavy (non-hydrogen) atoms. The van der Waals surface area contributed by atoms with Gasteiger partial charge in [0.2, 0.25) is 10.0 Å². The van der Waals surface area contributed by atoms with Crippen LogP contribution in [0.25, 0.3) is 0 Å². The summed E-state index contributed by atoms with van der Waals surface area (Å²) in [5, 5.41) is 0. The number of nitrogen functional groups attached to an aromatic ring is 1. The van der Waals surface area contributed by atoms with Crippen molar-refractivity contribution in [3.05, 3.63) is 23.8 Å².